The van der Waals surface area contributed by atoms with Gasteiger partial charge in [-0.15, -0.1) is 0 Å². The maximum atomic E-state index is 11.0. The van der Waals surface area contributed by atoms with Crippen LogP contribution in [0.4, 0.5) is 23.0 Å². The van der Waals surface area contributed by atoms with Gasteiger partial charge in [-0.2, -0.15) is 0 Å². The molecule has 1 heterocycles. The van der Waals surface area contributed by atoms with E-state index in [1.54, 1.807) is 12.1 Å². The minimum Gasteiger partial charge on any atom is -0.378 e. The summed E-state index contributed by atoms with van der Waals surface area (Å²) in [6, 6.07) is 5.41. The molecule has 0 aliphatic rings. The normalized spacial score (nSPS) is 10.2. The number of anilines is 3. The highest BCUT2D eigenvalue weighted by Gasteiger charge is 2.22. The second-order valence-corrected chi connectivity index (χ2v) is 5.14. The van der Waals surface area contributed by atoms with Crippen molar-refractivity contribution < 1.29 is 4.92 Å². The first kappa shape index (κ1) is 13.7. The van der Waals surface area contributed by atoms with Crippen LogP contribution in [0.5, 0.6) is 0 Å². The minimum atomic E-state index is -0.623. The molecule has 1 aromatic carbocycles. The van der Waals surface area contributed by atoms with E-state index in [9.17, 15) is 10.1 Å². The van der Waals surface area contributed by atoms with E-state index in [4.69, 9.17) is 5.73 Å². The van der Waals surface area contributed by atoms with Gasteiger partial charge in [-0.25, -0.2) is 9.97 Å². The fourth-order valence-corrected chi connectivity index (χ4v) is 2.60. The van der Waals surface area contributed by atoms with Crippen molar-refractivity contribution in [2.24, 2.45) is 0 Å². The van der Waals surface area contributed by atoms with Crippen LogP contribution in [-0.4, -0.2) is 14.9 Å². The predicted octanol–water partition coefficient (Wildman–Crippen LogP) is 3.24. The monoisotopic (exact) mass is 387 g/mol. The first-order valence-corrected chi connectivity index (χ1v) is 6.55. The smallest absolute Gasteiger partial charge is 0.353 e. The molecule has 0 spiro atoms. The van der Waals surface area contributed by atoms with Crippen molar-refractivity contribution in [3.63, 3.8) is 0 Å². The molecule has 0 radical (unpaired) electrons. The Labute approximate surface area is 124 Å². The van der Waals surface area contributed by atoms with E-state index >= 15 is 0 Å². The third kappa shape index (κ3) is 2.82. The van der Waals surface area contributed by atoms with Gasteiger partial charge in [-0.05, 0) is 44.0 Å². The highest BCUT2D eigenvalue weighted by atomic mass is 79.9. The Kier molecular flexibility index (Phi) is 3.96. The summed E-state index contributed by atoms with van der Waals surface area (Å²) in [6.07, 6.45) is 1.16. The van der Waals surface area contributed by atoms with Crippen LogP contribution in [0.2, 0.25) is 0 Å². The lowest BCUT2D eigenvalue weighted by atomic mass is 10.3. The largest absolute Gasteiger partial charge is 0.378 e. The number of nitro groups is 1. The van der Waals surface area contributed by atoms with E-state index in [0.717, 1.165) is 15.3 Å². The van der Waals surface area contributed by atoms with Gasteiger partial charge in [-0.1, -0.05) is 6.07 Å². The van der Waals surface area contributed by atoms with E-state index < -0.39 is 4.92 Å². The molecule has 0 unspecified atom stereocenters. The average Bonchev–Trinajstić information content (AvgIpc) is 2.33. The third-order valence-electron chi connectivity index (χ3n) is 2.24. The zero-order valence-electron chi connectivity index (χ0n) is 9.30. The molecular weight excluding hydrogens is 382 g/mol. The van der Waals surface area contributed by atoms with Crippen molar-refractivity contribution in [2.75, 3.05) is 11.1 Å². The number of benzene rings is 1. The number of rotatable bonds is 3. The van der Waals surface area contributed by atoms with Gasteiger partial charge < -0.3 is 11.1 Å². The van der Waals surface area contributed by atoms with Gasteiger partial charge in [0.1, 0.15) is 6.33 Å². The Morgan fingerprint density at radius 3 is 2.47 bits per heavy atom. The summed E-state index contributed by atoms with van der Waals surface area (Å²) in [7, 11) is 0. The van der Waals surface area contributed by atoms with Gasteiger partial charge in [-0.3, -0.25) is 10.1 Å². The lowest BCUT2D eigenvalue weighted by molar-refractivity contribution is -0.383. The second kappa shape index (κ2) is 5.49. The van der Waals surface area contributed by atoms with Crippen LogP contribution < -0.4 is 11.1 Å². The number of hydrogen-bond donors (Lipinski definition) is 2. The fourth-order valence-electron chi connectivity index (χ4n) is 1.40. The SMILES string of the molecule is Nc1ncnc(Nc2c(Br)cccc2Br)c1[N+](=O)[O-]. The van der Waals surface area contributed by atoms with Crippen molar-refractivity contribution in [3.05, 3.63) is 43.6 Å². The standard InChI is InChI=1S/C10H7Br2N5O2/c11-5-2-1-3-6(12)7(5)16-10-8(17(18)19)9(13)14-4-15-10/h1-4H,(H3,13,14,15,16). The summed E-state index contributed by atoms with van der Waals surface area (Å²) in [5.74, 6) is -0.157. The molecule has 2 rings (SSSR count). The zero-order chi connectivity index (χ0) is 14.0. The van der Waals surface area contributed by atoms with Crippen LogP contribution in [0, 0.1) is 10.1 Å². The van der Waals surface area contributed by atoms with Gasteiger partial charge in [0, 0.05) is 8.95 Å². The Hall–Kier alpha value is -1.74. The molecule has 9 heteroatoms. The number of hydrogen-bond acceptors (Lipinski definition) is 6. The van der Waals surface area contributed by atoms with Gasteiger partial charge in [0.15, 0.2) is 0 Å². The Morgan fingerprint density at radius 1 is 1.26 bits per heavy atom. The summed E-state index contributed by atoms with van der Waals surface area (Å²) in [4.78, 5) is 17.8. The summed E-state index contributed by atoms with van der Waals surface area (Å²) in [5.41, 5.74) is 5.75. The first-order valence-electron chi connectivity index (χ1n) is 4.96. The molecule has 0 atom stereocenters. The number of nitrogens with one attached hydrogen (secondary N) is 1. The number of para-hydroxylation sites is 1. The molecular formula is C10H7Br2N5O2. The van der Waals surface area contributed by atoms with E-state index in [-0.39, 0.29) is 17.3 Å². The van der Waals surface area contributed by atoms with E-state index in [1.807, 2.05) is 6.07 Å². The fraction of sp³-hybridized carbons (Fsp3) is 0. The molecule has 0 saturated heterocycles. The lowest BCUT2D eigenvalue weighted by Crippen LogP contribution is -2.05. The van der Waals surface area contributed by atoms with E-state index in [2.05, 4.69) is 47.1 Å². The molecule has 0 amide bonds. The number of nitrogen functional groups attached to an aromatic ring is 1. The summed E-state index contributed by atoms with van der Waals surface area (Å²) >= 11 is 6.70. The average molecular weight is 389 g/mol. The van der Waals surface area contributed by atoms with Crippen molar-refractivity contribution in [2.45, 2.75) is 0 Å². The Morgan fingerprint density at radius 2 is 1.89 bits per heavy atom. The van der Waals surface area contributed by atoms with Crippen LogP contribution in [-0.2, 0) is 0 Å². The first-order chi connectivity index (χ1) is 9.00. The van der Waals surface area contributed by atoms with Crippen LogP contribution in [0.3, 0.4) is 0 Å². The van der Waals surface area contributed by atoms with Crippen molar-refractivity contribution in [1.82, 2.24) is 9.97 Å². The summed E-state index contributed by atoms with van der Waals surface area (Å²) < 4.78 is 1.46. The van der Waals surface area contributed by atoms with E-state index in [0.29, 0.717) is 5.69 Å². The lowest BCUT2D eigenvalue weighted by Gasteiger charge is -2.10. The van der Waals surface area contributed by atoms with Gasteiger partial charge in [0.05, 0.1) is 10.6 Å². The van der Waals surface area contributed by atoms with Crippen LogP contribution in [0.25, 0.3) is 0 Å². The molecule has 98 valence electrons. The van der Waals surface area contributed by atoms with Gasteiger partial charge in [0.2, 0.25) is 11.6 Å². The van der Waals surface area contributed by atoms with Crippen LogP contribution in [0.1, 0.15) is 0 Å². The zero-order valence-corrected chi connectivity index (χ0v) is 12.5. The molecule has 1 aromatic heterocycles. The van der Waals surface area contributed by atoms with Crippen molar-refractivity contribution in [1.29, 1.82) is 0 Å². The van der Waals surface area contributed by atoms with Crippen LogP contribution in [0.15, 0.2) is 33.5 Å². The highest BCUT2D eigenvalue weighted by molar-refractivity contribution is 9.11. The van der Waals surface area contributed by atoms with Crippen molar-refractivity contribution >= 4 is 54.9 Å². The second-order valence-electron chi connectivity index (χ2n) is 3.43. The highest BCUT2D eigenvalue weighted by Crippen LogP contribution is 2.36. The Balaban J connectivity index is 2.50. The quantitative estimate of drug-likeness (QED) is 0.617. The number of nitrogens with zero attached hydrogens (tertiary/aromatic N) is 3. The van der Waals surface area contributed by atoms with Crippen molar-refractivity contribution in [3.8, 4) is 0 Å². The van der Waals surface area contributed by atoms with Crippen LogP contribution >= 0.6 is 31.9 Å². The molecule has 7 nitrogen and oxygen atoms in total. The minimum absolute atomic E-state index is 0.0325. The number of nitrogens with two attached hydrogens (primary N) is 1. The molecule has 0 fully saturated rings. The molecule has 0 aliphatic heterocycles. The molecule has 19 heavy (non-hydrogen) atoms. The van der Waals surface area contributed by atoms with E-state index in [1.165, 1.54) is 0 Å². The molecule has 0 aliphatic carbocycles. The summed E-state index contributed by atoms with van der Waals surface area (Å²) in [6.45, 7) is 0. The number of aromatic nitrogens is 2. The predicted molar refractivity (Wildman–Crippen MR) is 78.2 cm³/mol. The maximum absolute atomic E-state index is 11.0. The van der Waals surface area contributed by atoms with Gasteiger partial charge >= 0.3 is 5.69 Å². The molecule has 0 saturated carbocycles. The maximum Gasteiger partial charge on any atom is 0.353 e. The number of halogens is 2. The van der Waals surface area contributed by atoms with Gasteiger partial charge in [0.25, 0.3) is 0 Å². The topological polar surface area (TPSA) is 107 Å². The molecule has 2 aromatic rings. The molecule has 3 N–H and O–H groups in total. The third-order valence-corrected chi connectivity index (χ3v) is 3.56. The molecule has 0 bridgehead atoms. The Bertz CT molecular complexity index is 630. The summed E-state index contributed by atoms with van der Waals surface area (Å²) in [5, 5.41) is 13.8.